The zero-order chi connectivity index (χ0) is 11.7. The number of hydrogen-bond acceptors (Lipinski definition) is 3. The van der Waals surface area contributed by atoms with Gasteiger partial charge in [0.2, 0.25) is 0 Å². The highest BCUT2D eigenvalue weighted by atomic mass is 79.9. The first-order valence-corrected chi connectivity index (χ1v) is 6.70. The van der Waals surface area contributed by atoms with Gasteiger partial charge in [0.15, 0.2) is 0 Å². The molecule has 0 aromatic carbocycles. The highest BCUT2D eigenvalue weighted by Gasteiger charge is 2.49. The average molecular weight is 311 g/mol. The third-order valence-corrected chi connectivity index (χ3v) is 4.27. The fourth-order valence-electron chi connectivity index (χ4n) is 1.38. The fraction of sp³-hybridized carbons (Fsp3) is 1.00. The van der Waals surface area contributed by atoms with Crippen LogP contribution in [0.5, 0.6) is 0 Å². The lowest BCUT2D eigenvalue weighted by Gasteiger charge is -2.26. The van der Waals surface area contributed by atoms with Crippen LogP contribution in [-0.4, -0.2) is 24.9 Å². The summed E-state index contributed by atoms with van der Waals surface area (Å²) < 4.78 is 61.5. The summed E-state index contributed by atoms with van der Waals surface area (Å²) in [5, 5.41) is 0. The molecule has 1 saturated carbocycles. The molecule has 0 aromatic heterocycles. The Balaban J connectivity index is 2.69. The van der Waals surface area contributed by atoms with E-state index in [-0.39, 0.29) is 4.83 Å². The van der Waals surface area contributed by atoms with E-state index in [9.17, 15) is 21.6 Å². The molecular formula is C7H10BrF3O3S. The molecular weight excluding hydrogens is 301 g/mol. The largest absolute Gasteiger partial charge is 0.523 e. The maximum atomic E-state index is 12.0. The topological polar surface area (TPSA) is 43.4 Å². The molecule has 15 heavy (non-hydrogen) atoms. The van der Waals surface area contributed by atoms with Crippen LogP contribution >= 0.6 is 15.9 Å². The van der Waals surface area contributed by atoms with E-state index in [0.29, 0.717) is 19.3 Å². The monoisotopic (exact) mass is 310 g/mol. The highest BCUT2D eigenvalue weighted by molar-refractivity contribution is 9.09. The lowest BCUT2D eigenvalue weighted by molar-refractivity contribution is -0.0581. The Hall–Kier alpha value is 0.180. The van der Waals surface area contributed by atoms with Crippen LogP contribution in [0.3, 0.4) is 0 Å². The number of hydrogen-bond donors (Lipinski definition) is 0. The van der Waals surface area contributed by atoms with Crippen molar-refractivity contribution in [1.29, 1.82) is 0 Å². The van der Waals surface area contributed by atoms with Crippen LogP contribution in [0.25, 0.3) is 0 Å². The van der Waals surface area contributed by atoms with E-state index in [1.807, 2.05) is 0 Å². The van der Waals surface area contributed by atoms with E-state index in [4.69, 9.17) is 0 Å². The van der Waals surface area contributed by atoms with Gasteiger partial charge >= 0.3 is 15.6 Å². The van der Waals surface area contributed by atoms with Gasteiger partial charge in [-0.1, -0.05) is 28.8 Å². The van der Waals surface area contributed by atoms with Crippen molar-refractivity contribution in [3.8, 4) is 0 Å². The average Bonchev–Trinajstić information content (AvgIpc) is 2.06. The molecule has 2 atom stereocenters. The molecule has 1 fully saturated rings. The van der Waals surface area contributed by atoms with Gasteiger partial charge in [0, 0.05) is 4.83 Å². The summed E-state index contributed by atoms with van der Waals surface area (Å²) in [6.45, 7) is 0. The summed E-state index contributed by atoms with van der Waals surface area (Å²) >= 11 is 3.12. The molecule has 8 heteroatoms. The number of alkyl halides is 4. The molecule has 0 heterocycles. The van der Waals surface area contributed by atoms with Crippen molar-refractivity contribution in [3.05, 3.63) is 0 Å². The van der Waals surface area contributed by atoms with Crippen LogP contribution in [0.1, 0.15) is 25.7 Å². The van der Waals surface area contributed by atoms with Crippen molar-refractivity contribution in [2.24, 2.45) is 0 Å². The minimum absolute atomic E-state index is 0.325. The summed E-state index contributed by atoms with van der Waals surface area (Å²) in [6.07, 6.45) is 1.58. The zero-order valence-corrected chi connectivity index (χ0v) is 10.0. The lowest BCUT2D eigenvalue weighted by Crippen LogP contribution is -2.35. The summed E-state index contributed by atoms with van der Waals surface area (Å²) in [5.74, 6) is 0. The molecule has 1 rings (SSSR count). The Morgan fingerprint density at radius 2 is 1.73 bits per heavy atom. The van der Waals surface area contributed by atoms with E-state index in [0.717, 1.165) is 6.42 Å². The quantitative estimate of drug-likeness (QED) is 0.447. The molecule has 0 amide bonds. The molecule has 1 aliphatic carbocycles. The van der Waals surface area contributed by atoms with Crippen molar-refractivity contribution in [2.45, 2.75) is 42.1 Å². The second-order valence-electron chi connectivity index (χ2n) is 3.33. The van der Waals surface area contributed by atoms with Gasteiger partial charge in [-0.05, 0) is 12.8 Å². The predicted molar refractivity (Wildman–Crippen MR) is 51.0 cm³/mol. The van der Waals surface area contributed by atoms with E-state index >= 15 is 0 Å². The Bertz CT molecular complexity index is 314. The van der Waals surface area contributed by atoms with E-state index in [1.54, 1.807) is 0 Å². The first-order chi connectivity index (χ1) is 6.74. The Morgan fingerprint density at radius 1 is 1.20 bits per heavy atom. The Labute approximate surface area is 94.2 Å². The van der Waals surface area contributed by atoms with Crippen molar-refractivity contribution < 1.29 is 25.8 Å². The SMILES string of the molecule is O=S(=O)(O[C@@H]1CCCC[C@H]1Br)C(F)(F)F. The van der Waals surface area contributed by atoms with Gasteiger partial charge in [-0.3, -0.25) is 4.18 Å². The molecule has 0 aromatic rings. The summed E-state index contributed by atoms with van der Waals surface area (Å²) in [4.78, 5) is -0.330. The molecule has 0 aliphatic heterocycles. The zero-order valence-electron chi connectivity index (χ0n) is 7.63. The fourth-order valence-corrected chi connectivity index (χ4v) is 2.88. The molecule has 90 valence electrons. The van der Waals surface area contributed by atoms with Crippen molar-refractivity contribution in [1.82, 2.24) is 0 Å². The Morgan fingerprint density at radius 3 is 2.20 bits per heavy atom. The van der Waals surface area contributed by atoms with E-state index in [2.05, 4.69) is 20.1 Å². The molecule has 0 spiro atoms. The van der Waals surface area contributed by atoms with E-state index < -0.39 is 21.7 Å². The van der Waals surface area contributed by atoms with Crippen LogP contribution in [0.4, 0.5) is 13.2 Å². The molecule has 0 unspecified atom stereocenters. The number of halogens is 4. The standard InChI is InChI=1S/C7H10BrF3O3S/c8-5-3-1-2-4-6(5)14-15(12,13)7(9,10)11/h5-6H,1-4H2/t5-,6-/m1/s1. The molecule has 0 saturated heterocycles. The van der Waals surface area contributed by atoms with Gasteiger partial charge in [-0.15, -0.1) is 0 Å². The maximum Gasteiger partial charge on any atom is 0.523 e. The third kappa shape index (κ3) is 3.32. The van der Waals surface area contributed by atoms with Crippen LogP contribution in [0, 0.1) is 0 Å². The first kappa shape index (κ1) is 13.2. The summed E-state index contributed by atoms with van der Waals surface area (Å²) in [5.41, 5.74) is -5.34. The van der Waals surface area contributed by atoms with Crippen LogP contribution in [-0.2, 0) is 14.3 Å². The number of rotatable bonds is 2. The second-order valence-corrected chi connectivity index (χ2v) is 6.07. The Kier molecular flexibility index (Phi) is 4.05. The van der Waals surface area contributed by atoms with Crippen LogP contribution in [0.2, 0.25) is 0 Å². The first-order valence-electron chi connectivity index (χ1n) is 4.37. The van der Waals surface area contributed by atoms with Crippen LogP contribution < -0.4 is 0 Å². The minimum Gasteiger partial charge on any atom is -0.259 e. The molecule has 3 nitrogen and oxygen atoms in total. The molecule has 0 N–H and O–H groups in total. The molecule has 0 bridgehead atoms. The highest BCUT2D eigenvalue weighted by Crippen LogP contribution is 2.32. The van der Waals surface area contributed by atoms with Gasteiger partial charge in [0.05, 0.1) is 6.10 Å². The van der Waals surface area contributed by atoms with Crippen LogP contribution in [0.15, 0.2) is 0 Å². The predicted octanol–water partition coefficient (Wildman–Crippen LogP) is 2.56. The minimum atomic E-state index is -5.46. The van der Waals surface area contributed by atoms with Crippen molar-refractivity contribution >= 4 is 26.0 Å². The smallest absolute Gasteiger partial charge is 0.259 e. The van der Waals surface area contributed by atoms with Gasteiger partial charge in [-0.25, -0.2) is 0 Å². The normalized spacial score (nSPS) is 29.1. The third-order valence-electron chi connectivity index (χ3n) is 2.16. The van der Waals surface area contributed by atoms with Gasteiger partial charge in [-0.2, -0.15) is 21.6 Å². The summed E-state index contributed by atoms with van der Waals surface area (Å²) in [6, 6.07) is 0. The van der Waals surface area contributed by atoms with Crippen molar-refractivity contribution in [2.75, 3.05) is 0 Å². The van der Waals surface area contributed by atoms with Gasteiger partial charge in [0.1, 0.15) is 0 Å². The van der Waals surface area contributed by atoms with Crippen molar-refractivity contribution in [3.63, 3.8) is 0 Å². The molecule has 1 aliphatic rings. The summed E-state index contributed by atoms with van der Waals surface area (Å²) in [7, 11) is -5.46. The second kappa shape index (κ2) is 4.58. The van der Waals surface area contributed by atoms with E-state index in [1.165, 1.54) is 0 Å². The maximum absolute atomic E-state index is 12.0. The van der Waals surface area contributed by atoms with Gasteiger partial charge in [0.25, 0.3) is 0 Å². The molecule has 0 radical (unpaired) electrons. The van der Waals surface area contributed by atoms with Gasteiger partial charge < -0.3 is 0 Å². The lowest BCUT2D eigenvalue weighted by atomic mass is 9.98.